The highest BCUT2D eigenvalue weighted by Crippen LogP contribution is 2.22. The molecule has 0 radical (unpaired) electrons. The fourth-order valence-electron chi connectivity index (χ4n) is 3.90. The van der Waals surface area contributed by atoms with Crippen LogP contribution in [0.25, 0.3) is 10.9 Å². The predicted octanol–water partition coefficient (Wildman–Crippen LogP) is 3.48. The number of aryl methyl sites for hydroxylation is 1. The minimum Gasteiger partial charge on any atom is -0.462 e. The number of esters is 1. The number of hydrogen-bond acceptors (Lipinski definition) is 6. The summed E-state index contributed by atoms with van der Waals surface area (Å²) in [6, 6.07) is 8.40. The monoisotopic (exact) mass is 405 g/mol. The van der Waals surface area contributed by atoms with Crippen LogP contribution in [0.2, 0.25) is 0 Å². The first kappa shape index (κ1) is 20.1. The number of carbonyl (C=O) groups is 1. The Morgan fingerprint density at radius 3 is 2.70 bits per heavy atom. The summed E-state index contributed by atoms with van der Waals surface area (Å²) in [5.41, 5.74) is 2.78. The molecule has 0 N–H and O–H groups in total. The van der Waals surface area contributed by atoms with E-state index in [1.165, 1.54) is 16.5 Å². The molecule has 2 aromatic heterocycles. The smallest absolute Gasteiger partial charge is 0.341 e. The second kappa shape index (κ2) is 9.07. The number of aliphatic imine (C=N–C) groups is 1. The van der Waals surface area contributed by atoms with Gasteiger partial charge in [0.2, 0.25) is 5.95 Å². The third kappa shape index (κ3) is 4.35. The van der Waals surface area contributed by atoms with Gasteiger partial charge in [0.1, 0.15) is 0 Å². The lowest BCUT2D eigenvalue weighted by molar-refractivity contribution is 0.0525. The van der Waals surface area contributed by atoms with Crippen molar-refractivity contribution in [3.05, 3.63) is 54.0 Å². The highest BCUT2D eigenvalue weighted by atomic mass is 16.5. The Morgan fingerprint density at radius 1 is 1.23 bits per heavy atom. The van der Waals surface area contributed by atoms with Crippen LogP contribution in [0.5, 0.6) is 0 Å². The van der Waals surface area contributed by atoms with E-state index in [-0.39, 0.29) is 5.97 Å². The van der Waals surface area contributed by atoms with E-state index in [2.05, 4.69) is 56.9 Å². The topological polar surface area (TPSA) is 72.6 Å². The SMILES string of the molecule is CCOC(=O)c1cnc(N2CCC(CN=Cc3cn(C)c4ccccc34)CC2)nc1. The Hall–Kier alpha value is -3.22. The number of carbonyl (C=O) groups excluding carboxylic acids is 1. The average Bonchev–Trinajstić information content (AvgIpc) is 3.10. The van der Waals surface area contributed by atoms with Gasteiger partial charge in [-0.25, -0.2) is 14.8 Å². The first-order valence-corrected chi connectivity index (χ1v) is 10.4. The van der Waals surface area contributed by atoms with Gasteiger partial charge in [0.15, 0.2) is 0 Å². The van der Waals surface area contributed by atoms with Crippen LogP contribution in [0, 0.1) is 5.92 Å². The fraction of sp³-hybridized carbons (Fsp3) is 0.391. The zero-order valence-corrected chi connectivity index (χ0v) is 17.5. The van der Waals surface area contributed by atoms with E-state index in [0.29, 0.717) is 24.0 Å². The quantitative estimate of drug-likeness (QED) is 0.464. The standard InChI is InChI=1S/C23H27N5O2/c1-3-30-22(29)18-14-25-23(26-15-18)28-10-8-17(9-11-28)12-24-13-19-16-27(2)21-7-5-4-6-20(19)21/h4-7,13-17H,3,8-12H2,1-2H3. The summed E-state index contributed by atoms with van der Waals surface area (Å²) in [6.45, 7) is 4.75. The Bertz CT molecular complexity index is 1030. The molecule has 0 atom stereocenters. The Morgan fingerprint density at radius 2 is 1.97 bits per heavy atom. The minimum absolute atomic E-state index is 0.344. The van der Waals surface area contributed by atoms with E-state index in [4.69, 9.17) is 9.73 Å². The highest BCUT2D eigenvalue weighted by Gasteiger charge is 2.21. The van der Waals surface area contributed by atoms with Crippen LogP contribution in [0.15, 0.2) is 47.8 Å². The second-order valence-corrected chi connectivity index (χ2v) is 7.63. The van der Waals surface area contributed by atoms with Gasteiger partial charge in [-0.3, -0.25) is 4.99 Å². The predicted molar refractivity (Wildman–Crippen MR) is 118 cm³/mol. The molecular formula is C23H27N5O2. The Balaban J connectivity index is 1.30. The molecule has 30 heavy (non-hydrogen) atoms. The molecule has 0 unspecified atom stereocenters. The van der Waals surface area contributed by atoms with Crippen LogP contribution < -0.4 is 4.90 Å². The molecule has 0 bridgehead atoms. The largest absolute Gasteiger partial charge is 0.462 e. The van der Waals surface area contributed by atoms with Gasteiger partial charge >= 0.3 is 5.97 Å². The molecule has 0 saturated carbocycles. The number of piperidine rings is 1. The molecule has 1 fully saturated rings. The lowest BCUT2D eigenvalue weighted by atomic mass is 9.97. The van der Waals surface area contributed by atoms with E-state index in [1.807, 2.05) is 6.21 Å². The van der Waals surface area contributed by atoms with Gasteiger partial charge in [0, 0.05) is 68.0 Å². The number of nitrogens with zero attached hydrogens (tertiary/aromatic N) is 5. The van der Waals surface area contributed by atoms with Gasteiger partial charge < -0.3 is 14.2 Å². The summed E-state index contributed by atoms with van der Waals surface area (Å²) in [6.07, 6.45) is 9.33. The molecule has 0 aliphatic carbocycles. The molecule has 1 aromatic carbocycles. The first-order chi connectivity index (χ1) is 14.7. The van der Waals surface area contributed by atoms with Crippen molar-refractivity contribution < 1.29 is 9.53 Å². The number of anilines is 1. The number of ether oxygens (including phenoxy) is 1. The molecule has 4 rings (SSSR count). The molecule has 1 saturated heterocycles. The highest BCUT2D eigenvalue weighted by molar-refractivity contribution is 5.99. The molecule has 156 valence electrons. The number of rotatable bonds is 6. The molecule has 0 amide bonds. The number of hydrogen-bond donors (Lipinski definition) is 0. The van der Waals surface area contributed by atoms with Gasteiger partial charge in [-0.2, -0.15) is 0 Å². The molecule has 1 aliphatic rings. The zero-order chi connectivity index (χ0) is 20.9. The van der Waals surface area contributed by atoms with Gasteiger partial charge in [0.05, 0.1) is 12.2 Å². The molecule has 7 nitrogen and oxygen atoms in total. The van der Waals surface area contributed by atoms with Crippen molar-refractivity contribution in [3.63, 3.8) is 0 Å². The van der Waals surface area contributed by atoms with Crippen LogP contribution >= 0.6 is 0 Å². The summed E-state index contributed by atoms with van der Waals surface area (Å²) in [5.74, 6) is 0.846. The van der Waals surface area contributed by atoms with Crippen molar-refractivity contribution in [2.24, 2.45) is 18.0 Å². The number of aromatic nitrogens is 3. The summed E-state index contributed by atoms with van der Waals surface area (Å²) < 4.78 is 7.12. The van der Waals surface area contributed by atoms with Crippen molar-refractivity contribution in [1.82, 2.24) is 14.5 Å². The fourth-order valence-corrected chi connectivity index (χ4v) is 3.90. The van der Waals surface area contributed by atoms with Gasteiger partial charge in [-0.05, 0) is 31.7 Å². The van der Waals surface area contributed by atoms with Crippen molar-refractivity contribution in [2.75, 3.05) is 31.1 Å². The maximum atomic E-state index is 11.7. The van der Waals surface area contributed by atoms with Crippen molar-refractivity contribution in [1.29, 1.82) is 0 Å². The summed E-state index contributed by atoms with van der Waals surface area (Å²) in [4.78, 5) is 27.3. The van der Waals surface area contributed by atoms with Crippen molar-refractivity contribution in [3.8, 4) is 0 Å². The first-order valence-electron chi connectivity index (χ1n) is 10.4. The van der Waals surface area contributed by atoms with Crippen LogP contribution in [0.1, 0.15) is 35.7 Å². The summed E-state index contributed by atoms with van der Waals surface area (Å²) >= 11 is 0. The molecule has 3 aromatic rings. The third-order valence-electron chi connectivity index (χ3n) is 5.57. The second-order valence-electron chi connectivity index (χ2n) is 7.63. The normalized spacial score (nSPS) is 15.2. The lowest BCUT2D eigenvalue weighted by Gasteiger charge is -2.31. The third-order valence-corrected chi connectivity index (χ3v) is 5.57. The molecular weight excluding hydrogens is 378 g/mol. The van der Waals surface area contributed by atoms with Crippen LogP contribution in [-0.4, -0.2) is 53.0 Å². The van der Waals surface area contributed by atoms with Gasteiger partial charge in [-0.15, -0.1) is 0 Å². The number of fused-ring (bicyclic) bond motifs is 1. The van der Waals surface area contributed by atoms with Crippen molar-refractivity contribution >= 4 is 29.0 Å². The van der Waals surface area contributed by atoms with Crippen LogP contribution in [0.3, 0.4) is 0 Å². The van der Waals surface area contributed by atoms with Crippen LogP contribution in [-0.2, 0) is 11.8 Å². The van der Waals surface area contributed by atoms with E-state index in [1.54, 1.807) is 19.3 Å². The maximum Gasteiger partial charge on any atom is 0.341 e. The lowest BCUT2D eigenvalue weighted by Crippen LogP contribution is -2.35. The summed E-state index contributed by atoms with van der Waals surface area (Å²) in [7, 11) is 2.07. The molecule has 1 aliphatic heterocycles. The van der Waals surface area contributed by atoms with E-state index >= 15 is 0 Å². The molecule has 3 heterocycles. The number of para-hydroxylation sites is 1. The minimum atomic E-state index is -0.383. The Labute approximate surface area is 176 Å². The molecule has 7 heteroatoms. The van der Waals surface area contributed by atoms with E-state index < -0.39 is 0 Å². The maximum absolute atomic E-state index is 11.7. The van der Waals surface area contributed by atoms with Gasteiger partial charge in [-0.1, -0.05) is 18.2 Å². The van der Waals surface area contributed by atoms with E-state index in [0.717, 1.165) is 32.5 Å². The van der Waals surface area contributed by atoms with Crippen LogP contribution in [0.4, 0.5) is 5.95 Å². The molecule has 0 spiro atoms. The Kier molecular flexibility index (Phi) is 6.07. The number of benzene rings is 1. The summed E-state index contributed by atoms with van der Waals surface area (Å²) in [5, 5.41) is 1.24. The van der Waals surface area contributed by atoms with Gasteiger partial charge in [0.25, 0.3) is 0 Å². The average molecular weight is 406 g/mol. The van der Waals surface area contributed by atoms with Crippen molar-refractivity contribution in [2.45, 2.75) is 19.8 Å². The van der Waals surface area contributed by atoms with E-state index in [9.17, 15) is 4.79 Å². The zero-order valence-electron chi connectivity index (χ0n) is 17.5.